The highest BCUT2D eigenvalue weighted by Crippen LogP contribution is 2.25. The average Bonchev–Trinajstić information content (AvgIpc) is 2.28. The van der Waals surface area contributed by atoms with Gasteiger partial charge < -0.3 is 0 Å². The molecule has 0 aliphatic rings. The van der Waals surface area contributed by atoms with Gasteiger partial charge in [0.1, 0.15) is 5.82 Å². The van der Waals surface area contributed by atoms with Crippen LogP contribution in [0.1, 0.15) is 22.8 Å². The highest BCUT2D eigenvalue weighted by Gasteiger charge is 2.10. The molecule has 2 rings (SSSR count). The average molecular weight is 229 g/mol. The summed E-state index contributed by atoms with van der Waals surface area (Å²) >= 11 is 0. The Morgan fingerprint density at radius 2 is 2.00 bits per heavy atom. The predicted octanol–water partition coefficient (Wildman–Crippen LogP) is 3.40. The highest BCUT2D eigenvalue weighted by molar-refractivity contribution is 6.00. The predicted molar refractivity (Wildman–Crippen MR) is 64.4 cm³/mol. The van der Waals surface area contributed by atoms with E-state index in [0.29, 0.717) is 11.1 Å². The van der Waals surface area contributed by atoms with Crippen molar-refractivity contribution < 1.29 is 9.18 Å². The first kappa shape index (κ1) is 11.5. The molecular weight excluding hydrogens is 217 g/mol. The van der Waals surface area contributed by atoms with Crippen molar-refractivity contribution in [3.63, 3.8) is 0 Å². The number of rotatable bonds is 2. The lowest BCUT2D eigenvalue weighted by atomic mass is 9.98. The largest absolute Gasteiger partial charge is 0.294 e. The molecule has 1 aromatic heterocycles. The van der Waals surface area contributed by atoms with E-state index in [-0.39, 0.29) is 11.6 Å². The van der Waals surface area contributed by atoms with Crippen molar-refractivity contribution in [2.75, 3.05) is 0 Å². The van der Waals surface area contributed by atoms with Gasteiger partial charge in [0.05, 0.1) is 0 Å². The van der Waals surface area contributed by atoms with Crippen LogP contribution in [0, 0.1) is 12.7 Å². The zero-order valence-corrected chi connectivity index (χ0v) is 9.70. The van der Waals surface area contributed by atoms with Crippen LogP contribution < -0.4 is 0 Å². The summed E-state index contributed by atoms with van der Waals surface area (Å²) in [5.41, 5.74) is 2.84. The molecule has 86 valence electrons. The monoisotopic (exact) mass is 229 g/mol. The van der Waals surface area contributed by atoms with Crippen molar-refractivity contribution in [3.05, 3.63) is 53.6 Å². The van der Waals surface area contributed by atoms with Crippen LogP contribution in [-0.4, -0.2) is 10.8 Å². The fourth-order valence-corrected chi connectivity index (χ4v) is 1.76. The minimum Gasteiger partial charge on any atom is -0.294 e. The number of halogens is 1. The van der Waals surface area contributed by atoms with Gasteiger partial charge in [-0.2, -0.15) is 0 Å². The molecule has 2 aromatic rings. The van der Waals surface area contributed by atoms with Crippen LogP contribution in [0.2, 0.25) is 0 Å². The molecule has 0 N–H and O–H groups in total. The second-order valence-corrected chi connectivity index (χ2v) is 4.00. The molecule has 3 heteroatoms. The molecule has 0 spiro atoms. The zero-order chi connectivity index (χ0) is 12.4. The molecule has 0 aliphatic heterocycles. The quantitative estimate of drug-likeness (QED) is 0.739. The van der Waals surface area contributed by atoms with Crippen molar-refractivity contribution in [1.82, 2.24) is 4.98 Å². The Morgan fingerprint density at radius 1 is 1.24 bits per heavy atom. The lowest BCUT2D eigenvalue weighted by Gasteiger charge is -2.07. The summed E-state index contributed by atoms with van der Waals surface area (Å²) in [7, 11) is 0. The van der Waals surface area contributed by atoms with Gasteiger partial charge in [-0.1, -0.05) is 0 Å². The number of pyridine rings is 1. The molecular formula is C14H12FNO. The minimum absolute atomic E-state index is 0.0819. The van der Waals surface area contributed by atoms with E-state index in [9.17, 15) is 9.18 Å². The normalized spacial score (nSPS) is 10.3. The number of carbonyl (C=O) groups is 1. The van der Waals surface area contributed by atoms with Crippen LogP contribution in [0.4, 0.5) is 4.39 Å². The van der Waals surface area contributed by atoms with E-state index in [1.165, 1.54) is 25.1 Å². The number of ketones is 1. The molecule has 0 saturated heterocycles. The molecule has 0 saturated carbocycles. The second-order valence-electron chi connectivity index (χ2n) is 4.00. The van der Waals surface area contributed by atoms with Gasteiger partial charge in [0.25, 0.3) is 0 Å². The number of benzene rings is 1. The maximum Gasteiger partial charge on any atom is 0.160 e. The molecule has 0 amide bonds. The Labute approximate surface area is 99.1 Å². The molecule has 0 atom stereocenters. The number of Topliss-reactive ketones (excluding diaryl/α,β-unsaturated/α-hetero) is 1. The molecule has 0 radical (unpaired) electrons. The third-order valence-corrected chi connectivity index (χ3v) is 2.55. The number of hydrogen-bond acceptors (Lipinski definition) is 2. The first-order chi connectivity index (χ1) is 8.08. The summed E-state index contributed by atoms with van der Waals surface area (Å²) in [6.45, 7) is 3.38. The fourth-order valence-electron chi connectivity index (χ4n) is 1.76. The highest BCUT2D eigenvalue weighted by atomic mass is 19.1. The standard InChI is InChI=1S/C14H12FNO/c1-9-5-11(8-16-7-9)14-6-12(15)3-4-13(14)10(2)17/h3-8H,1-2H3. The Morgan fingerprint density at radius 3 is 2.65 bits per heavy atom. The summed E-state index contributed by atoms with van der Waals surface area (Å²) in [5.74, 6) is -0.437. The minimum atomic E-state index is -0.355. The van der Waals surface area contributed by atoms with Gasteiger partial charge in [0.2, 0.25) is 0 Å². The first-order valence-corrected chi connectivity index (χ1v) is 5.30. The second kappa shape index (κ2) is 4.45. The molecule has 1 heterocycles. The maximum absolute atomic E-state index is 13.3. The lowest BCUT2D eigenvalue weighted by molar-refractivity contribution is 0.101. The molecule has 17 heavy (non-hydrogen) atoms. The fraction of sp³-hybridized carbons (Fsp3) is 0.143. The Kier molecular flexibility index (Phi) is 3.00. The third kappa shape index (κ3) is 2.38. The van der Waals surface area contributed by atoms with E-state index in [0.717, 1.165) is 11.1 Å². The van der Waals surface area contributed by atoms with Gasteiger partial charge in [-0.05, 0) is 49.2 Å². The molecule has 0 bridgehead atoms. The van der Waals surface area contributed by atoms with Crippen molar-refractivity contribution in [3.8, 4) is 11.1 Å². The van der Waals surface area contributed by atoms with Gasteiger partial charge in [-0.25, -0.2) is 4.39 Å². The summed E-state index contributed by atoms with van der Waals surface area (Å²) < 4.78 is 13.3. The van der Waals surface area contributed by atoms with Crippen molar-refractivity contribution in [2.45, 2.75) is 13.8 Å². The smallest absolute Gasteiger partial charge is 0.160 e. The van der Waals surface area contributed by atoms with Gasteiger partial charge in [-0.15, -0.1) is 0 Å². The van der Waals surface area contributed by atoms with Crippen molar-refractivity contribution in [2.24, 2.45) is 0 Å². The van der Waals surface area contributed by atoms with Crippen molar-refractivity contribution in [1.29, 1.82) is 0 Å². The van der Waals surface area contributed by atoms with Crippen LogP contribution >= 0.6 is 0 Å². The van der Waals surface area contributed by atoms with Gasteiger partial charge in [0.15, 0.2) is 5.78 Å². The maximum atomic E-state index is 13.3. The number of hydrogen-bond donors (Lipinski definition) is 0. The summed E-state index contributed by atoms with van der Waals surface area (Å²) in [6, 6.07) is 6.06. The molecule has 1 aromatic carbocycles. The number of nitrogens with zero attached hydrogens (tertiary/aromatic N) is 1. The van der Waals surface area contributed by atoms with E-state index >= 15 is 0 Å². The number of carbonyl (C=O) groups excluding carboxylic acids is 1. The summed E-state index contributed by atoms with van der Waals surface area (Å²) in [5, 5.41) is 0. The van der Waals surface area contributed by atoms with E-state index in [4.69, 9.17) is 0 Å². The molecule has 0 aliphatic carbocycles. The third-order valence-electron chi connectivity index (χ3n) is 2.55. The van der Waals surface area contributed by atoms with Crippen LogP contribution in [0.15, 0.2) is 36.7 Å². The van der Waals surface area contributed by atoms with E-state index in [1.54, 1.807) is 12.4 Å². The van der Waals surface area contributed by atoms with Crippen LogP contribution in [0.25, 0.3) is 11.1 Å². The van der Waals surface area contributed by atoms with Crippen LogP contribution in [0.5, 0.6) is 0 Å². The van der Waals surface area contributed by atoms with E-state index in [1.807, 2.05) is 13.0 Å². The summed E-state index contributed by atoms with van der Waals surface area (Å²) in [6.07, 6.45) is 3.35. The number of aryl methyl sites for hydroxylation is 1. The van der Waals surface area contributed by atoms with Crippen molar-refractivity contribution >= 4 is 5.78 Å². The Bertz CT molecular complexity index is 578. The summed E-state index contributed by atoms with van der Waals surface area (Å²) in [4.78, 5) is 15.5. The Hall–Kier alpha value is -2.03. The van der Waals surface area contributed by atoms with Gasteiger partial charge >= 0.3 is 0 Å². The number of aromatic nitrogens is 1. The first-order valence-electron chi connectivity index (χ1n) is 5.30. The van der Waals surface area contributed by atoms with Crippen LogP contribution in [0.3, 0.4) is 0 Å². The Balaban J connectivity index is 2.65. The zero-order valence-electron chi connectivity index (χ0n) is 9.70. The lowest BCUT2D eigenvalue weighted by Crippen LogP contribution is -1.97. The van der Waals surface area contributed by atoms with E-state index < -0.39 is 0 Å². The SMILES string of the molecule is CC(=O)c1ccc(F)cc1-c1cncc(C)c1. The van der Waals surface area contributed by atoms with Gasteiger partial charge in [-0.3, -0.25) is 9.78 Å². The molecule has 2 nitrogen and oxygen atoms in total. The molecule has 0 fully saturated rings. The van der Waals surface area contributed by atoms with Crippen LogP contribution in [-0.2, 0) is 0 Å². The van der Waals surface area contributed by atoms with E-state index in [2.05, 4.69) is 4.98 Å². The molecule has 0 unspecified atom stereocenters. The topological polar surface area (TPSA) is 30.0 Å². The van der Waals surface area contributed by atoms with Gasteiger partial charge in [0, 0.05) is 23.5 Å².